The molecule has 1 aromatic rings. The summed E-state index contributed by atoms with van der Waals surface area (Å²) in [6.45, 7) is 7.76. The molecule has 2 aliphatic carbocycles. The number of cyclic esters (lactones) is 1. The number of fused-ring (bicyclic) bond motifs is 5. The summed E-state index contributed by atoms with van der Waals surface area (Å²) in [5, 5.41) is 0. The molecule has 0 spiro atoms. The van der Waals surface area contributed by atoms with Crippen LogP contribution in [0.15, 0.2) is 12.1 Å². The molecular weight excluding hydrogens is 374 g/mol. The Kier molecular flexibility index (Phi) is 5.33. The van der Waals surface area contributed by atoms with Crippen molar-refractivity contribution in [1.29, 1.82) is 0 Å². The van der Waals surface area contributed by atoms with Gasteiger partial charge in [0, 0.05) is 19.3 Å². The monoisotopic (exact) mass is 411 g/mol. The number of hydrogen-bond acceptors (Lipinski definition) is 4. The Morgan fingerprint density at radius 2 is 1.97 bits per heavy atom. The van der Waals surface area contributed by atoms with E-state index in [9.17, 15) is 4.79 Å². The van der Waals surface area contributed by atoms with E-state index >= 15 is 0 Å². The molecule has 2 fully saturated rings. The molecule has 4 nitrogen and oxygen atoms in total. The Balaban J connectivity index is 1.43. The van der Waals surface area contributed by atoms with Crippen molar-refractivity contribution in [3.05, 3.63) is 28.8 Å². The van der Waals surface area contributed by atoms with Gasteiger partial charge < -0.3 is 14.4 Å². The topological polar surface area (TPSA) is 38.8 Å². The van der Waals surface area contributed by atoms with Gasteiger partial charge in [-0.05, 0) is 73.0 Å². The van der Waals surface area contributed by atoms with Crippen molar-refractivity contribution in [3.8, 4) is 0 Å². The van der Waals surface area contributed by atoms with Crippen molar-refractivity contribution in [2.75, 3.05) is 18.5 Å². The zero-order valence-corrected chi connectivity index (χ0v) is 19.0. The fraction of sp³-hybridized carbons (Fsp3) is 0.731. The summed E-state index contributed by atoms with van der Waals surface area (Å²) in [6, 6.07) is 4.47. The first-order valence-corrected chi connectivity index (χ1v) is 12.2. The Hall–Kier alpha value is -1.55. The predicted octanol–water partition coefficient (Wildman–Crippen LogP) is 5.08. The van der Waals surface area contributed by atoms with Crippen molar-refractivity contribution >= 4 is 11.7 Å². The van der Waals surface area contributed by atoms with Gasteiger partial charge in [0.15, 0.2) is 0 Å². The number of anilines is 1. The molecule has 0 radical (unpaired) electrons. The molecule has 4 heteroatoms. The number of hydrogen-bond donors (Lipinski definition) is 0. The van der Waals surface area contributed by atoms with Crippen molar-refractivity contribution < 1.29 is 14.3 Å². The highest BCUT2D eigenvalue weighted by Gasteiger charge is 2.52. The molecule has 30 heavy (non-hydrogen) atoms. The van der Waals surface area contributed by atoms with Crippen LogP contribution in [-0.2, 0) is 27.1 Å². The molecule has 4 aliphatic rings. The van der Waals surface area contributed by atoms with Crippen LogP contribution in [0, 0.1) is 23.7 Å². The first-order chi connectivity index (χ1) is 14.4. The van der Waals surface area contributed by atoms with Crippen LogP contribution in [0.2, 0.25) is 0 Å². The summed E-state index contributed by atoms with van der Waals surface area (Å²) < 4.78 is 12.6. The van der Waals surface area contributed by atoms with Gasteiger partial charge in [-0.2, -0.15) is 0 Å². The van der Waals surface area contributed by atoms with Crippen LogP contribution in [0.4, 0.5) is 5.69 Å². The van der Waals surface area contributed by atoms with Gasteiger partial charge in [0.2, 0.25) is 6.29 Å². The quantitative estimate of drug-likeness (QED) is 0.651. The summed E-state index contributed by atoms with van der Waals surface area (Å²) in [5.74, 6) is 1.66. The summed E-state index contributed by atoms with van der Waals surface area (Å²) in [4.78, 5) is 15.4. The molecule has 0 N–H and O–H groups in total. The Morgan fingerprint density at radius 1 is 1.17 bits per heavy atom. The van der Waals surface area contributed by atoms with Crippen molar-refractivity contribution in [1.82, 2.24) is 0 Å². The first kappa shape index (κ1) is 20.4. The molecule has 0 bridgehead atoms. The van der Waals surface area contributed by atoms with E-state index in [1.807, 2.05) is 0 Å². The van der Waals surface area contributed by atoms with E-state index < -0.39 is 6.29 Å². The highest BCUT2D eigenvalue weighted by Crippen LogP contribution is 2.49. The summed E-state index contributed by atoms with van der Waals surface area (Å²) >= 11 is 0. The van der Waals surface area contributed by atoms with E-state index in [0.29, 0.717) is 17.8 Å². The molecule has 6 atom stereocenters. The van der Waals surface area contributed by atoms with E-state index in [-0.39, 0.29) is 23.9 Å². The van der Waals surface area contributed by atoms with Crippen LogP contribution in [0.5, 0.6) is 0 Å². The molecule has 0 amide bonds. The van der Waals surface area contributed by atoms with Gasteiger partial charge in [0.05, 0.1) is 17.9 Å². The van der Waals surface area contributed by atoms with Crippen molar-refractivity contribution in [2.24, 2.45) is 23.7 Å². The molecule has 0 aromatic heterocycles. The van der Waals surface area contributed by atoms with Gasteiger partial charge in [-0.3, -0.25) is 4.79 Å². The lowest BCUT2D eigenvalue weighted by Crippen LogP contribution is -2.43. The second-order valence-electron chi connectivity index (χ2n) is 10.7. The summed E-state index contributed by atoms with van der Waals surface area (Å²) in [5.41, 5.74) is 5.42. The van der Waals surface area contributed by atoms with Gasteiger partial charge in [-0.25, -0.2) is 0 Å². The third-order valence-electron chi connectivity index (χ3n) is 8.27. The van der Waals surface area contributed by atoms with Crippen LogP contribution >= 0.6 is 0 Å². The van der Waals surface area contributed by atoms with Crippen LogP contribution < -0.4 is 4.90 Å². The maximum absolute atomic E-state index is 13.1. The van der Waals surface area contributed by atoms with Gasteiger partial charge in [-0.1, -0.05) is 39.3 Å². The highest BCUT2D eigenvalue weighted by atomic mass is 16.7. The molecule has 2 aliphatic heterocycles. The van der Waals surface area contributed by atoms with Crippen LogP contribution in [-0.4, -0.2) is 32.0 Å². The van der Waals surface area contributed by atoms with Crippen molar-refractivity contribution in [2.45, 2.75) is 84.0 Å². The van der Waals surface area contributed by atoms with E-state index in [2.05, 4.69) is 44.9 Å². The second-order valence-corrected chi connectivity index (χ2v) is 10.7. The Bertz CT molecular complexity index is 819. The van der Waals surface area contributed by atoms with E-state index in [1.165, 1.54) is 48.1 Å². The maximum atomic E-state index is 13.1. The van der Waals surface area contributed by atoms with Crippen LogP contribution in [0.25, 0.3) is 0 Å². The second kappa shape index (κ2) is 7.85. The normalized spacial score (nSPS) is 35.6. The minimum atomic E-state index is -0.411. The van der Waals surface area contributed by atoms with Gasteiger partial charge in [0.1, 0.15) is 0 Å². The third kappa shape index (κ3) is 3.36. The lowest BCUT2D eigenvalue weighted by molar-refractivity contribution is -0.195. The fourth-order valence-electron chi connectivity index (χ4n) is 6.66. The zero-order chi connectivity index (χ0) is 21.0. The summed E-state index contributed by atoms with van der Waals surface area (Å²) in [7, 11) is 2.18. The number of carbonyl (C=O) groups excluding carboxylic acids is 1. The average Bonchev–Trinajstić information content (AvgIpc) is 3.02. The molecular formula is C26H37NO3. The number of carbonyl (C=O) groups is 1. The number of benzene rings is 1. The molecule has 164 valence electrons. The number of nitrogens with zero attached hydrogens (tertiary/aromatic N) is 1. The standard InChI is InChI=1S/C26H37NO3/c1-15(2)18-11-9-16(3)13-22(18)29-26-21-14-27(4)24-19-8-6-5-7-17(19)10-12-20(24)23(21)25(28)30-26/h10,12,15-16,18,21-23,26H,5-9,11,13-14H2,1-4H3/t16-,18+,21-,22-,23+,26-/m1/s1. The average molecular weight is 412 g/mol. The Morgan fingerprint density at radius 3 is 2.77 bits per heavy atom. The van der Waals surface area contributed by atoms with Crippen LogP contribution in [0.1, 0.15) is 75.5 Å². The lowest BCUT2D eigenvalue weighted by Gasteiger charge is -2.41. The zero-order valence-electron chi connectivity index (χ0n) is 19.0. The van der Waals surface area contributed by atoms with Crippen molar-refractivity contribution in [3.63, 3.8) is 0 Å². The van der Waals surface area contributed by atoms with Crippen LogP contribution in [0.3, 0.4) is 0 Å². The van der Waals surface area contributed by atoms with Gasteiger partial charge >= 0.3 is 5.97 Å². The van der Waals surface area contributed by atoms with Gasteiger partial charge in [0.25, 0.3) is 0 Å². The molecule has 0 unspecified atom stereocenters. The minimum absolute atomic E-state index is 0.0833. The molecule has 1 saturated heterocycles. The van der Waals surface area contributed by atoms with Gasteiger partial charge in [-0.15, -0.1) is 0 Å². The molecule has 2 heterocycles. The summed E-state index contributed by atoms with van der Waals surface area (Å²) in [6.07, 6.45) is 8.17. The molecule has 1 aromatic carbocycles. The number of aryl methyl sites for hydroxylation is 1. The number of esters is 1. The number of ether oxygens (including phenoxy) is 2. The SMILES string of the molecule is CC(C)[C@@H]1CC[C@@H](C)C[C@H]1O[C@@H]1OC(=O)[C@H]2c3ccc4c(c3N(C)C[C@@H]12)CCCC4. The smallest absolute Gasteiger partial charge is 0.316 e. The van der Waals surface area contributed by atoms with E-state index in [0.717, 1.165) is 25.8 Å². The minimum Gasteiger partial charge on any atom is -0.435 e. The van der Waals surface area contributed by atoms with E-state index in [1.54, 1.807) is 0 Å². The molecule has 5 rings (SSSR count). The number of rotatable bonds is 3. The molecule has 1 saturated carbocycles. The predicted molar refractivity (Wildman–Crippen MR) is 119 cm³/mol. The fourth-order valence-corrected chi connectivity index (χ4v) is 6.66. The first-order valence-electron chi connectivity index (χ1n) is 12.2. The third-order valence-corrected chi connectivity index (χ3v) is 8.27. The lowest BCUT2D eigenvalue weighted by atomic mass is 9.75. The highest BCUT2D eigenvalue weighted by molar-refractivity contribution is 5.85. The maximum Gasteiger partial charge on any atom is 0.316 e. The largest absolute Gasteiger partial charge is 0.435 e. The van der Waals surface area contributed by atoms with E-state index in [4.69, 9.17) is 9.47 Å². The Labute approximate surface area is 181 Å².